The fourth-order valence-corrected chi connectivity index (χ4v) is 2.64. The zero-order valence-electron chi connectivity index (χ0n) is 13.4. The van der Waals surface area contributed by atoms with Crippen LogP contribution >= 0.6 is 0 Å². The molecular weight excluding hydrogens is 313 g/mol. The molecule has 1 amide bonds. The molecule has 126 valence electrons. The molecule has 1 aliphatic heterocycles. The van der Waals surface area contributed by atoms with Gasteiger partial charge in [0, 0.05) is 13.1 Å². The van der Waals surface area contributed by atoms with Crippen LogP contribution in [0.5, 0.6) is 0 Å². The van der Waals surface area contributed by atoms with Gasteiger partial charge in [0.1, 0.15) is 12.4 Å². The van der Waals surface area contributed by atoms with E-state index in [0.717, 1.165) is 0 Å². The third kappa shape index (κ3) is 3.07. The lowest BCUT2D eigenvalue weighted by Crippen LogP contribution is -2.60. The summed E-state index contributed by atoms with van der Waals surface area (Å²) in [6, 6.07) is 6.23. The molecule has 7 heteroatoms. The van der Waals surface area contributed by atoms with Crippen LogP contribution in [0.2, 0.25) is 0 Å². The quantitative estimate of drug-likeness (QED) is 0.599. The summed E-state index contributed by atoms with van der Waals surface area (Å²) in [4.78, 5) is 13.6. The van der Waals surface area contributed by atoms with E-state index in [0.29, 0.717) is 25.6 Å². The van der Waals surface area contributed by atoms with Crippen molar-refractivity contribution in [2.24, 2.45) is 0 Å². The molecule has 0 N–H and O–H groups in total. The summed E-state index contributed by atoms with van der Waals surface area (Å²) in [6.45, 7) is 6.74. The Hall–Kier alpha value is -2.54. The number of hydrogen-bond donors (Lipinski definition) is 0. The van der Waals surface area contributed by atoms with Gasteiger partial charge in [-0.25, -0.2) is 4.39 Å². The second-order valence-electron chi connectivity index (χ2n) is 6.01. The van der Waals surface area contributed by atoms with Crippen LogP contribution in [-0.4, -0.2) is 47.3 Å². The number of aromatic nitrogens is 2. The highest BCUT2D eigenvalue weighted by Crippen LogP contribution is 2.35. The number of ether oxygens (including phenoxy) is 1. The average molecular weight is 331 g/mol. The zero-order valence-corrected chi connectivity index (χ0v) is 13.4. The van der Waals surface area contributed by atoms with Crippen LogP contribution in [0.4, 0.5) is 4.39 Å². The molecular formula is C17H18FN3O3. The van der Waals surface area contributed by atoms with E-state index in [-0.39, 0.29) is 24.0 Å². The van der Waals surface area contributed by atoms with Crippen molar-refractivity contribution >= 4 is 5.91 Å². The number of halogens is 1. The second-order valence-corrected chi connectivity index (χ2v) is 6.01. The number of likely N-dealkylation sites (tertiary alicyclic amines) is 1. The molecule has 0 radical (unpaired) electrons. The largest absolute Gasteiger partial charge is 0.420 e. The van der Waals surface area contributed by atoms with E-state index in [9.17, 15) is 9.18 Å². The first kappa shape index (κ1) is 16.3. The summed E-state index contributed by atoms with van der Waals surface area (Å²) in [5, 5.41) is 7.96. The van der Waals surface area contributed by atoms with Gasteiger partial charge < -0.3 is 14.1 Å². The van der Waals surface area contributed by atoms with Gasteiger partial charge in [-0.3, -0.25) is 4.79 Å². The summed E-state index contributed by atoms with van der Waals surface area (Å²) in [7, 11) is 0. The van der Waals surface area contributed by atoms with E-state index < -0.39 is 11.2 Å². The maximum atomic E-state index is 13.8. The average Bonchev–Trinajstić information content (AvgIpc) is 3.02. The van der Waals surface area contributed by atoms with Gasteiger partial charge in [0.05, 0.1) is 17.6 Å². The Morgan fingerprint density at radius 2 is 2.21 bits per heavy atom. The van der Waals surface area contributed by atoms with Crippen molar-refractivity contribution in [3.05, 3.63) is 48.6 Å². The molecule has 1 aromatic heterocycles. The fourth-order valence-electron chi connectivity index (χ4n) is 2.64. The number of benzene rings is 1. The van der Waals surface area contributed by atoms with Crippen molar-refractivity contribution in [1.29, 1.82) is 0 Å². The van der Waals surface area contributed by atoms with Crippen LogP contribution < -0.4 is 0 Å². The number of hydrogen-bond acceptors (Lipinski definition) is 5. The number of nitrogens with zero attached hydrogens (tertiary/aromatic N) is 3. The van der Waals surface area contributed by atoms with E-state index in [1.807, 2.05) is 6.92 Å². The highest BCUT2D eigenvalue weighted by molar-refractivity contribution is 5.78. The monoisotopic (exact) mass is 331 g/mol. The number of carbonyl (C=O) groups is 1. The zero-order chi connectivity index (χ0) is 17.2. The summed E-state index contributed by atoms with van der Waals surface area (Å²) < 4.78 is 24.6. The van der Waals surface area contributed by atoms with Gasteiger partial charge in [-0.15, -0.1) is 16.8 Å². The van der Waals surface area contributed by atoms with E-state index in [2.05, 4.69) is 16.8 Å². The molecule has 0 saturated carbocycles. The maximum Gasteiger partial charge on any atom is 0.250 e. The van der Waals surface area contributed by atoms with Crippen LogP contribution in [0.15, 0.2) is 41.3 Å². The van der Waals surface area contributed by atoms with E-state index in [1.165, 1.54) is 6.07 Å². The van der Waals surface area contributed by atoms with Gasteiger partial charge in [-0.05, 0) is 19.1 Å². The standard InChI is InChI=1S/C17H18FN3O3/c1-3-8-23-9-14(22)21-10-17(2,11-21)16-20-19-15(24-16)12-6-4-5-7-13(12)18/h3-7H,1,8-11H2,2H3. The van der Waals surface area contributed by atoms with Crippen LogP contribution in [0.25, 0.3) is 11.5 Å². The lowest BCUT2D eigenvalue weighted by Gasteiger charge is -2.45. The Balaban J connectivity index is 1.65. The van der Waals surface area contributed by atoms with Gasteiger partial charge in [0.25, 0.3) is 5.89 Å². The first-order valence-electron chi connectivity index (χ1n) is 7.59. The number of carbonyl (C=O) groups excluding carboxylic acids is 1. The molecule has 1 fully saturated rings. The van der Waals surface area contributed by atoms with E-state index in [1.54, 1.807) is 29.2 Å². The van der Waals surface area contributed by atoms with Crippen molar-refractivity contribution in [2.75, 3.05) is 26.3 Å². The van der Waals surface area contributed by atoms with Crippen LogP contribution in [-0.2, 0) is 14.9 Å². The molecule has 0 unspecified atom stereocenters. The Morgan fingerprint density at radius 3 is 2.92 bits per heavy atom. The summed E-state index contributed by atoms with van der Waals surface area (Å²) >= 11 is 0. The molecule has 24 heavy (non-hydrogen) atoms. The smallest absolute Gasteiger partial charge is 0.250 e. The van der Waals surface area contributed by atoms with Crippen molar-refractivity contribution in [1.82, 2.24) is 15.1 Å². The first-order valence-corrected chi connectivity index (χ1v) is 7.59. The topological polar surface area (TPSA) is 68.5 Å². The SMILES string of the molecule is C=CCOCC(=O)N1CC(C)(c2nnc(-c3ccccc3F)o2)C1. The predicted molar refractivity (Wildman–Crippen MR) is 84.6 cm³/mol. The molecule has 0 aliphatic carbocycles. The van der Waals surface area contributed by atoms with Crippen molar-refractivity contribution in [3.8, 4) is 11.5 Å². The molecule has 3 rings (SSSR count). The first-order chi connectivity index (χ1) is 11.5. The van der Waals surface area contributed by atoms with Crippen LogP contribution in [0, 0.1) is 5.82 Å². The minimum atomic E-state index is -0.426. The molecule has 1 saturated heterocycles. The Bertz CT molecular complexity index is 753. The summed E-state index contributed by atoms with van der Waals surface area (Å²) in [5.41, 5.74) is -0.158. The fraction of sp³-hybridized carbons (Fsp3) is 0.353. The van der Waals surface area contributed by atoms with Gasteiger partial charge in [-0.2, -0.15) is 0 Å². The molecule has 0 atom stereocenters. The maximum absolute atomic E-state index is 13.8. The second kappa shape index (κ2) is 6.52. The van der Waals surface area contributed by atoms with Crippen molar-refractivity contribution in [3.63, 3.8) is 0 Å². The van der Waals surface area contributed by atoms with E-state index in [4.69, 9.17) is 9.15 Å². The molecule has 2 heterocycles. The molecule has 1 aliphatic rings. The minimum Gasteiger partial charge on any atom is -0.420 e. The lowest BCUT2D eigenvalue weighted by molar-refractivity contribution is -0.143. The van der Waals surface area contributed by atoms with Crippen LogP contribution in [0.1, 0.15) is 12.8 Å². The molecule has 6 nitrogen and oxygen atoms in total. The third-order valence-electron chi connectivity index (χ3n) is 3.94. The summed E-state index contributed by atoms with van der Waals surface area (Å²) in [6.07, 6.45) is 1.59. The highest BCUT2D eigenvalue weighted by atomic mass is 19.1. The number of rotatable bonds is 6. The van der Waals surface area contributed by atoms with E-state index >= 15 is 0 Å². The minimum absolute atomic E-state index is 0.0202. The molecule has 2 aromatic rings. The van der Waals surface area contributed by atoms with Crippen LogP contribution in [0.3, 0.4) is 0 Å². The lowest BCUT2D eigenvalue weighted by atomic mass is 9.82. The van der Waals surface area contributed by atoms with Gasteiger partial charge >= 0.3 is 0 Å². The molecule has 0 spiro atoms. The predicted octanol–water partition coefficient (Wildman–Crippen LogP) is 2.18. The van der Waals surface area contributed by atoms with Crippen molar-refractivity contribution < 1.29 is 18.3 Å². The molecule has 0 bridgehead atoms. The normalized spacial score (nSPS) is 15.8. The third-order valence-corrected chi connectivity index (χ3v) is 3.94. The van der Waals surface area contributed by atoms with Gasteiger partial charge in [0.15, 0.2) is 0 Å². The number of amides is 1. The summed E-state index contributed by atoms with van der Waals surface area (Å²) in [5.74, 6) is 0.0334. The molecule has 1 aromatic carbocycles. The van der Waals surface area contributed by atoms with Crippen molar-refractivity contribution in [2.45, 2.75) is 12.3 Å². The highest BCUT2D eigenvalue weighted by Gasteiger charge is 2.46. The Kier molecular flexibility index (Phi) is 4.44. The van der Waals surface area contributed by atoms with Gasteiger partial charge in [0.2, 0.25) is 11.8 Å². The van der Waals surface area contributed by atoms with Gasteiger partial charge in [-0.1, -0.05) is 18.2 Å². The Labute approximate surface area is 138 Å². The Morgan fingerprint density at radius 1 is 1.46 bits per heavy atom.